The molecule has 0 radical (unpaired) electrons. The van der Waals surface area contributed by atoms with Crippen LogP contribution in [0.1, 0.15) is 48.5 Å². The number of benzene rings is 1. The fourth-order valence-corrected chi connectivity index (χ4v) is 3.77. The van der Waals surface area contributed by atoms with Crippen molar-refractivity contribution in [2.24, 2.45) is 10.4 Å². The zero-order valence-electron chi connectivity index (χ0n) is 18.8. The fraction of sp³-hybridized carbons (Fsp3) is 0.591. The van der Waals surface area contributed by atoms with Gasteiger partial charge in [-0.1, -0.05) is 25.0 Å². The highest BCUT2D eigenvalue weighted by molar-refractivity contribution is 14.0. The normalized spacial score (nSPS) is 15.2. The lowest BCUT2D eigenvalue weighted by molar-refractivity contribution is -0.138. The van der Waals surface area contributed by atoms with E-state index < -0.39 is 0 Å². The summed E-state index contributed by atoms with van der Waals surface area (Å²) in [7, 11) is 7.14. The van der Waals surface area contributed by atoms with Crippen molar-refractivity contribution in [1.82, 2.24) is 20.4 Å². The molecule has 0 unspecified atom stereocenters. The number of guanidine groups is 1. The van der Waals surface area contributed by atoms with Gasteiger partial charge in [0.1, 0.15) is 0 Å². The molecule has 168 valence electrons. The first-order valence-electron chi connectivity index (χ1n) is 10.3. The van der Waals surface area contributed by atoms with Crippen LogP contribution in [0.3, 0.4) is 0 Å². The van der Waals surface area contributed by atoms with Crippen LogP contribution >= 0.6 is 24.0 Å². The molecule has 0 atom stereocenters. The van der Waals surface area contributed by atoms with Gasteiger partial charge in [-0.25, -0.2) is 4.99 Å². The largest absolute Gasteiger partial charge is 0.357 e. The topological polar surface area (TPSA) is 77.0 Å². The molecule has 2 N–H and O–H groups in total. The highest BCUT2D eigenvalue weighted by Gasteiger charge is 2.42. The summed E-state index contributed by atoms with van der Waals surface area (Å²) in [6.07, 6.45) is 4.01. The minimum absolute atomic E-state index is 0. The Hall–Kier alpha value is -1.84. The van der Waals surface area contributed by atoms with Crippen molar-refractivity contribution in [3.63, 3.8) is 0 Å². The van der Waals surface area contributed by atoms with Crippen LogP contribution < -0.4 is 10.6 Å². The fourth-order valence-electron chi connectivity index (χ4n) is 3.77. The maximum atomic E-state index is 12.7. The molecule has 7 nitrogen and oxygen atoms in total. The van der Waals surface area contributed by atoms with Crippen LogP contribution in [0.4, 0.5) is 0 Å². The third kappa shape index (κ3) is 6.85. The molecule has 2 rings (SSSR count). The van der Waals surface area contributed by atoms with Gasteiger partial charge in [-0.2, -0.15) is 0 Å². The maximum absolute atomic E-state index is 12.7. The van der Waals surface area contributed by atoms with E-state index in [0.29, 0.717) is 24.6 Å². The third-order valence-electron chi connectivity index (χ3n) is 5.39. The molecule has 8 heteroatoms. The molecule has 1 aliphatic carbocycles. The summed E-state index contributed by atoms with van der Waals surface area (Å²) in [4.78, 5) is 32.7. The van der Waals surface area contributed by atoms with Crippen LogP contribution in [0.25, 0.3) is 0 Å². The highest BCUT2D eigenvalue weighted by atomic mass is 127. The van der Waals surface area contributed by atoms with E-state index in [1.165, 1.54) is 0 Å². The molecule has 1 aliphatic rings. The number of rotatable bonds is 7. The standard InChI is InChI=1S/C22H35N5O2.HI/c1-6-23-21(25-16-22(13-7-8-14-22)20(29)27(4)5)24-15-17-9-11-18(12-10-17)19(28)26(2)3;/h9-12H,6-8,13-16H2,1-5H3,(H2,23,24,25);1H. The Bertz CT molecular complexity index is 726. The van der Waals surface area contributed by atoms with E-state index in [1.54, 1.807) is 23.9 Å². The van der Waals surface area contributed by atoms with Crippen LogP contribution in [0.15, 0.2) is 29.3 Å². The van der Waals surface area contributed by atoms with Crippen molar-refractivity contribution >= 4 is 41.8 Å². The Labute approximate surface area is 197 Å². The van der Waals surface area contributed by atoms with Crippen molar-refractivity contribution in [1.29, 1.82) is 0 Å². The van der Waals surface area contributed by atoms with Gasteiger partial charge in [0, 0.05) is 46.8 Å². The molecular formula is C22H36IN5O2. The van der Waals surface area contributed by atoms with Crippen molar-refractivity contribution < 1.29 is 9.59 Å². The Morgan fingerprint density at radius 1 is 1.00 bits per heavy atom. The predicted molar refractivity (Wildman–Crippen MR) is 132 cm³/mol. The van der Waals surface area contributed by atoms with E-state index >= 15 is 0 Å². The van der Waals surface area contributed by atoms with E-state index in [1.807, 2.05) is 45.3 Å². The lowest BCUT2D eigenvalue weighted by atomic mass is 9.84. The van der Waals surface area contributed by atoms with Crippen molar-refractivity contribution in [3.05, 3.63) is 35.4 Å². The molecular weight excluding hydrogens is 493 g/mol. The lowest BCUT2D eigenvalue weighted by Gasteiger charge is -2.31. The maximum Gasteiger partial charge on any atom is 0.253 e. The zero-order valence-corrected chi connectivity index (χ0v) is 21.2. The second-order valence-corrected chi connectivity index (χ2v) is 8.13. The Balaban J connectivity index is 0.00000450. The average molecular weight is 529 g/mol. The van der Waals surface area contributed by atoms with Crippen LogP contribution in [-0.2, 0) is 11.3 Å². The summed E-state index contributed by atoms with van der Waals surface area (Å²) in [5.74, 6) is 0.890. The highest BCUT2D eigenvalue weighted by Crippen LogP contribution is 2.38. The van der Waals surface area contributed by atoms with Crippen LogP contribution in [-0.4, -0.2) is 68.9 Å². The first kappa shape index (κ1) is 26.2. The molecule has 0 aliphatic heterocycles. The van der Waals surface area contributed by atoms with Gasteiger partial charge in [-0.15, -0.1) is 24.0 Å². The Morgan fingerprint density at radius 2 is 1.60 bits per heavy atom. The number of aliphatic imine (C=N–C) groups is 1. The van der Waals surface area contributed by atoms with Gasteiger partial charge in [-0.3, -0.25) is 9.59 Å². The smallest absolute Gasteiger partial charge is 0.253 e. The van der Waals surface area contributed by atoms with Gasteiger partial charge in [0.15, 0.2) is 5.96 Å². The molecule has 0 spiro atoms. The van der Waals surface area contributed by atoms with Gasteiger partial charge in [0.25, 0.3) is 5.91 Å². The summed E-state index contributed by atoms with van der Waals surface area (Å²) in [6.45, 7) is 3.86. The number of amides is 2. The Kier molecular flexibility index (Phi) is 10.6. The summed E-state index contributed by atoms with van der Waals surface area (Å²) in [6, 6.07) is 7.52. The minimum atomic E-state index is -0.339. The minimum Gasteiger partial charge on any atom is -0.357 e. The lowest BCUT2D eigenvalue weighted by Crippen LogP contribution is -2.49. The van der Waals surface area contributed by atoms with Gasteiger partial charge in [0.05, 0.1) is 12.0 Å². The number of carbonyl (C=O) groups excluding carboxylic acids is 2. The molecule has 1 aromatic rings. The molecule has 1 fully saturated rings. The molecule has 1 aromatic carbocycles. The van der Waals surface area contributed by atoms with Crippen molar-refractivity contribution in [2.45, 2.75) is 39.2 Å². The van der Waals surface area contributed by atoms with Gasteiger partial charge >= 0.3 is 0 Å². The SMILES string of the molecule is CCNC(=NCc1ccc(C(=O)N(C)C)cc1)NCC1(C(=O)N(C)C)CCCC1.I. The van der Waals surface area contributed by atoms with E-state index in [-0.39, 0.29) is 41.2 Å². The molecule has 1 saturated carbocycles. The summed E-state index contributed by atoms with van der Waals surface area (Å²) < 4.78 is 0. The first-order chi connectivity index (χ1) is 13.8. The summed E-state index contributed by atoms with van der Waals surface area (Å²) >= 11 is 0. The van der Waals surface area contributed by atoms with Gasteiger partial charge in [-0.05, 0) is 37.5 Å². The number of hydrogen-bond donors (Lipinski definition) is 2. The molecule has 0 aromatic heterocycles. The molecule has 2 amide bonds. The second-order valence-electron chi connectivity index (χ2n) is 8.13. The van der Waals surface area contributed by atoms with Crippen molar-refractivity contribution in [2.75, 3.05) is 41.3 Å². The van der Waals surface area contributed by atoms with E-state index in [0.717, 1.165) is 37.8 Å². The van der Waals surface area contributed by atoms with Crippen LogP contribution in [0.2, 0.25) is 0 Å². The second kappa shape index (κ2) is 12.1. The van der Waals surface area contributed by atoms with E-state index in [4.69, 9.17) is 0 Å². The van der Waals surface area contributed by atoms with E-state index in [2.05, 4.69) is 15.6 Å². The quantitative estimate of drug-likeness (QED) is 0.324. The number of halogens is 1. The van der Waals surface area contributed by atoms with Gasteiger partial charge < -0.3 is 20.4 Å². The number of nitrogens with one attached hydrogen (secondary N) is 2. The number of nitrogens with zero attached hydrogens (tertiary/aromatic N) is 3. The number of carbonyl (C=O) groups is 2. The molecule has 0 heterocycles. The summed E-state index contributed by atoms with van der Waals surface area (Å²) in [5, 5.41) is 6.64. The van der Waals surface area contributed by atoms with E-state index in [9.17, 15) is 9.59 Å². The number of hydrogen-bond acceptors (Lipinski definition) is 3. The van der Waals surface area contributed by atoms with Crippen LogP contribution in [0.5, 0.6) is 0 Å². The first-order valence-corrected chi connectivity index (χ1v) is 10.3. The van der Waals surface area contributed by atoms with Crippen LogP contribution in [0, 0.1) is 5.41 Å². The Morgan fingerprint density at radius 3 is 2.10 bits per heavy atom. The third-order valence-corrected chi connectivity index (χ3v) is 5.39. The van der Waals surface area contributed by atoms with Crippen molar-refractivity contribution in [3.8, 4) is 0 Å². The molecule has 0 bridgehead atoms. The zero-order chi connectivity index (χ0) is 21.4. The molecule has 0 saturated heterocycles. The average Bonchev–Trinajstić information content (AvgIpc) is 3.19. The monoisotopic (exact) mass is 529 g/mol. The predicted octanol–water partition coefficient (Wildman–Crippen LogP) is 2.71. The summed E-state index contributed by atoms with van der Waals surface area (Å²) in [5.41, 5.74) is 1.35. The van der Waals surface area contributed by atoms with Gasteiger partial charge in [0.2, 0.25) is 5.91 Å². The molecule has 30 heavy (non-hydrogen) atoms.